The third kappa shape index (κ3) is 1.49. The van der Waals surface area contributed by atoms with Crippen molar-refractivity contribution in [2.45, 2.75) is 0 Å². The molecule has 0 saturated carbocycles. The Morgan fingerprint density at radius 1 is 0.923 bits per heavy atom. The molecule has 1 aromatic carbocycles. The van der Waals surface area contributed by atoms with Crippen molar-refractivity contribution in [3.63, 3.8) is 0 Å². The summed E-state index contributed by atoms with van der Waals surface area (Å²) in [5, 5.41) is 0. The van der Waals surface area contributed by atoms with E-state index in [9.17, 15) is 17.6 Å². The summed E-state index contributed by atoms with van der Waals surface area (Å²) in [6, 6.07) is 0. The lowest BCUT2D eigenvalue weighted by Gasteiger charge is -2.06. The average Bonchev–Trinajstić information content (AvgIpc) is 2.13. The van der Waals surface area contributed by atoms with Gasteiger partial charge in [0.2, 0.25) is 0 Å². The summed E-state index contributed by atoms with van der Waals surface area (Å²) in [4.78, 5) is 0. The van der Waals surface area contributed by atoms with Gasteiger partial charge in [-0.2, -0.15) is 0 Å². The fourth-order valence-corrected chi connectivity index (χ4v) is 1.08. The summed E-state index contributed by atoms with van der Waals surface area (Å²) < 4.78 is 50.0. The topological polar surface area (TPSA) is 38.0 Å². The van der Waals surface area contributed by atoms with Gasteiger partial charge in [-0.1, -0.05) is 0 Å². The van der Waals surface area contributed by atoms with E-state index in [1.54, 1.807) is 0 Å². The molecule has 0 aliphatic rings. The zero-order valence-corrected chi connectivity index (χ0v) is 7.55. The van der Waals surface area contributed by atoms with Crippen LogP contribution in [-0.4, -0.2) is 0 Å². The van der Waals surface area contributed by atoms with Crippen LogP contribution in [-0.2, 0) is 0 Å². The molecule has 0 fully saturated rings. The molecule has 0 bridgehead atoms. The maximum absolute atomic E-state index is 12.7. The number of nitrogens with two attached hydrogens (primary N) is 1. The molecule has 0 amide bonds. The van der Waals surface area contributed by atoms with Gasteiger partial charge in [0.25, 0.3) is 0 Å². The van der Waals surface area contributed by atoms with Crippen LogP contribution < -0.4 is 11.3 Å². The zero-order valence-electron chi connectivity index (χ0n) is 5.97. The van der Waals surface area contributed by atoms with Crippen LogP contribution in [0.2, 0.25) is 0 Å². The molecule has 0 unspecified atom stereocenters. The van der Waals surface area contributed by atoms with Crippen LogP contribution in [0.4, 0.5) is 23.2 Å². The molecule has 0 aromatic heterocycles. The molecule has 0 saturated heterocycles. The lowest BCUT2D eigenvalue weighted by Crippen LogP contribution is -2.13. The molecule has 0 aliphatic carbocycles. The fraction of sp³-hybridized carbons (Fsp3) is 0. The quantitative estimate of drug-likeness (QED) is 0.267. The van der Waals surface area contributed by atoms with Crippen molar-refractivity contribution >= 4 is 21.6 Å². The molecule has 0 radical (unpaired) electrons. The number of anilines is 1. The Bertz CT molecular complexity index is 326. The maximum atomic E-state index is 12.7. The maximum Gasteiger partial charge on any atom is 0.187 e. The van der Waals surface area contributed by atoms with Gasteiger partial charge in [-0.05, 0) is 15.9 Å². The van der Waals surface area contributed by atoms with Crippen LogP contribution >= 0.6 is 15.9 Å². The highest BCUT2D eigenvalue weighted by molar-refractivity contribution is 9.10. The molecule has 13 heavy (non-hydrogen) atoms. The number of nitrogen functional groups attached to an aromatic ring is 1. The third-order valence-electron chi connectivity index (χ3n) is 1.35. The van der Waals surface area contributed by atoms with Gasteiger partial charge in [-0.15, -0.1) is 0 Å². The van der Waals surface area contributed by atoms with Gasteiger partial charge < -0.3 is 5.43 Å². The minimum Gasteiger partial charge on any atom is -0.319 e. The lowest BCUT2D eigenvalue weighted by molar-refractivity contribution is 0.451. The van der Waals surface area contributed by atoms with Gasteiger partial charge >= 0.3 is 0 Å². The zero-order chi connectivity index (χ0) is 10.2. The van der Waals surface area contributed by atoms with E-state index in [0.717, 1.165) is 0 Å². The molecule has 0 atom stereocenters. The van der Waals surface area contributed by atoms with Gasteiger partial charge in [0, 0.05) is 0 Å². The number of hydrogen-bond acceptors (Lipinski definition) is 2. The van der Waals surface area contributed by atoms with E-state index in [-0.39, 0.29) is 0 Å². The van der Waals surface area contributed by atoms with Crippen molar-refractivity contribution in [2.24, 2.45) is 5.84 Å². The first-order chi connectivity index (χ1) is 6.00. The van der Waals surface area contributed by atoms with Gasteiger partial charge in [0.05, 0.1) is 4.47 Å². The number of benzene rings is 1. The molecule has 0 spiro atoms. The summed E-state index contributed by atoms with van der Waals surface area (Å²) in [6.07, 6.45) is 0. The van der Waals surface area contributed by atoms with Crippen molar-refractivity contribution < 1.29 is 17.6 Å². The van der Waals surface area contributed by atoms with E-state index in [1.165, 1.54) is 5.43 Å². The molecular formula is C6H3BrF4N2. The van der Waals surface area contributed by atoms with E-state index in [4.69, 9.17) is 0 Å². The van der Waals surface area contributed by atoms with Crippen molar-refractivity contribution in [2.75, 3.05) is 5.43 Å². The SMILES string of the molecule is NNc1c(F)c(F)c(Br)c(F)c1F. The first kappa shape index (κ1) is 10.3. The average molecular weight is 259 g/mol. The second kappa shape index (κ2) is 3.51. The Hall–Kier alpha value is -0.820. The van der Waals surface area contributed by atoms with E-state index < -0.39 is 33.4 Å². The Morgan fingerprint density at radius 2 is 1.31 bits per heavy atom. The highest BCUT2D eigenvalue weighted by Crippen LogP contribution is 2.30. The van der Waals surface area contributed by atoms with Crippen molar-refractivity contribution in [3.8, 4) is 0 Å². The molecular weight excluding hydrogens is 256 g/mol. The molecule has 3 N–H and O–H groups in total. The standard InChI is InChI=1S/C6H3BrF4N2/c7-1-2(8)4(10)6(13-12)5(11)3(1)9/h13H,12H2. The van der Waals surface area contributed by atoms with Gasteiger partial charge in [0.15, 0.2) is 23.3 Å². The normalized spacial score (nSPS) is 10.3. The van der Waals surface area contributed by atoms with E-state index in [1.807, 2.05) is 0 Å². The second-order valence-corrected chi connectivity index (χ2v) is 2.88. The van der Waals surface area contributed by atoms with Crippen LogP contribution in [0.1, 0.15) is 0 Å². The number of nitrogens with one attached hydrogen (secondary N) is 1. The van der Waals surface area contributed by atoms with E-state index in [0.29, 0.717) is 0 Å². The van der Waals surface area contributed by atoms with Crippen molar-refractivity contribution in [1.82, 2.24) is 0 Å². The smallest absolute Gasteiger partial charge is 0.187 e. The van der Waals surface area contributed by atoms with Crippen molar-refractivity contribution in [1.29, 1.82) is 0 Å². The number of rotatable bonds is 1. The third-order valence-corrected chi connectivity index (χ3v) is 2.05. The van der Waals surface area contributed by atoms with Gasteiger partial charge in [0.1, 0.15) is 5.69 Å². The molecule has 1 rings (SSSR count). The Morgan fingerprint density at radius 3 is 1.62 bits per heavy atom. The van der Waals surface area contributed by atoms with Crippen molar-refractivity contribution in [3.05, 3.63) is 27.7 Å². The first-order valence-electron chi connectivity index (χ1n) is 2.98. The summed E-state index contributed by atoms with van der Waals surface area (Å²) >= 11 is 2.35. The van der Waals surface area contributed by atoms with Crippen LogP contribution in [0.15, 0.2) is 4.47 Å². The first-order valence-corrected chi connectivity index (χ1v) is 3.78. The molecule has 2 nitrogen and oxygen atoms in total. The summed E-state index contributed by atoms with van der Waals surface area (Å²) in [5.74, 6) is -1.56. The largest absolute Gasteiger partial charge is 0.319 e. The summed E-state index contributed by atoms with van der Waals surface area (Å²) in [6.45, 7) is 0. The minimum absolute atomic E-state index is 0.901. The number of hydrogen-bond donors (Lipinski definition) is 2. The molecule has 72 valence electrons. The molecule has 0 heterocycles. The summed E-state index contributed by atoms with van der Waals surface area (Å²) in [5.41, 5.74) is 0.478. The number of hydrazine groups is 1. The van der Waals surface area contributed by atoms with Crippen LogP contribution in [0.25, 0.3) is 0 Å². The Kier molecular flexibility index (Phi) is 2.77. The monoisotopic (exact) mass is 258 g/mol. The van der Waals surface area contributed by atoms with Gasteiger partial charge in [-0.3, -0.25) is 5.84 Å². The van der Waals surface area contributed by atoms with Crippen LogP contribution in [0.5, 0.6) is 0 Å². The Labute approximate surface area is 78.8 Å². The summed E-state index contributed by atoms with van der Waals surface area (Å²) in [7, 11) is 0. The molecule has 0 aliphatic heterocycles. The highest BCUT2D eigenvalue weighted by Gasteiger charge is 2.23. The molecule has 1 aromatic rings. The van der Waals surface area contributed by atoms with Crippen LogP contribution in [0, 0.1) is 23.3 Å². The second-order valence-electron chi connectivity index (χ2n) is 2.09. The minimum atomic E-state index is -1.58. The predicted molar refractivity (Wildman–Crippen MR) is 41.8 cm³/mol. The molecule has 7 heteroatoms. The van der Waals surface area contributed by atoms with Crippen LogP contribution in [0.3, 0.4) is 0 Å². The van der Waals surface area contributed by atoms with E-state index in [2.05, 4.69) is 21.8 Å². The van der Waals surface area contributed by atoms with Gasteiger partial charge in [-0.25, -0.2) is 17.6 Å². The Balaban J connectivity index is 3.56. The highest BCUT2D eigenvalue weighted by atomic mass is 79.9. The number of halogens is 5. The lowest BCUT2D eigenvalue weighted by atomic mass is 10.2. The fourth-order valence-electron chi connectivity index (χ4n) is 0.732. The van der Waals surface area contributed by atoms with E-state index >= 15 is 0 Å². The predicted octanol–water partition coefficient (Wildman–Crippen LogP) is 2.29.